The Bertz CT molecular complexity index is 1180. The number of aliphatic imine (C=N–C) groups is 1. The number of ketones is 1. The van der Waals surface area contributed by atoms with E-state index in [0.29, 0.717) is 34.6 Å². The lowest BCUT2D eigenvalue weighted by atomic mass is 10.0. The number of Topliss-reactive ketones (excluding diaryl/α,β-unsaturated/α-hetero) is 1. The van der Waals surface area contributed by atoms with Crippen molar-refractivity contribution in [1.29, 1.82) is 0 Å². The van der Waals surface area contributed by atoms with Crippen molar-refractivity contribution in [2.45, 2.75) is 37.8 Å². The maximum atomic E-state index is 12.4. The van der Waals surface area contributed by atoms with E-state index in [9.17, 15) is 9.59 Å². The van der Waals surface area contributed by atoms with Crippen molar-refractivity contribution in [3.8, 4) is 0 Å². The third kappa shape index (κ3) is 4.40. The van der Waals surface area contributed by atoms with Gasteiger partial charge in [-0.05, 0) is 48.7 Å². The number of aromatic amines is 1. The van der Waals surface area contributed by atoms with Crippen LogP contribution in [0.1, 0.15) is 30.4 Å². The molecule has 2 aromatic carbocycles. The summed E-state index contributed by atoms with van der Waals surface area (Å²) in [5.41, 5.74) is 11.2. The maximum absolute atomic E-state index is 12.4. The van der Waals surface area contributed by atoms with E-state index in [0.717, 1.165) is 35.6 Å². The fourth-order valence-electron chi connectivity index (χ4n) is 3.56. The highest BCUT2D eigenvalue weighted by atomic mass is 32.2. The van der Waals surface area contributed by atoms with Gasteiger partial charge in [-0.25, -0.2) is 4.98 Å². The second-order valence-electron chi connectivity index (χ2n) is 7.25. The van der Waals surface area contributed by atoms with Crippen LogP contribution in [0.4, 0.5) is 11.4 Å². The highest BCUT2D eigenvalue weighted by Gasteiger charge is 2.19. The number of hydrogen-bond acceptors (Lipinski definition) is 6. The Morgan fingerprint density at radius 1 is 1.28 bits per heavy atom. The second-order valence-corrected chi connectivity index (χ2v) is 8.33. The van der Waals surface area contributed by atoms with E-state index >= 15 is 0 Å². The summed E-state index contributed by atoms with van der Waals surface area (Å²) >= 11 is 1.46. The number of nitrogens with zero attached hydrogens (tertiary/aromatic N) is 2. The van der Waals surface area contributed by atoms with E-state index in [2.05, 4.69) is 15.0 Å². The number of hydrogen-bond donors (Lipinski definition) is 2. The maximum Gasteiger partial charge on any atom is 0.259 e. The van der Waals surface area contributed by atoms with Crippen LogP contribution >= 0.6 is 11.8 Å². The van der Waals surface area contributed by atoms with E-state index in [1.807, 2.05) is 37.3 Å². The molecule has 1 aromatic heterocycles. The molecule has 0 saturated carbocycles. The molecule has 0 spiro atoms. The van der Waals surface area contributed by atoms with Crippen LogP contribution < -0.4 is 11.3 Å². The van der Waals surface area contributed by atoms with Gasteiger partial charge < -0.3 is 10.7 Å². The normalized spacial score (nSPS) is 12.8. The predicted octanol–water partition coefficient (Wildman–Crippen LogP) is 3.97. The molecule has 0 atom stereocenters. The lowest BCUT2D eigenvalue weighted by Crippen LogP contribution is -2.10. The molecule has 2 heterocycles. The van der Waals surface area contributed by atoms with Crippen molar-refractivity contribution in [2.24, 2.45) is 4.99 Å². The number of aromatic nitrogens is 2. The van der Waals surface area contributed by atoms with Gasteiger partial charge in [0.05, 0.1) is 16.6 Å². The number of thioether (sulfide) groups is 1. The van der Waals surface area contributed by atoms with Gasteiger partial charge in [-0.15, -0.1) is 0 Å². The zero-order valence-corrected chi connectivity index (χ0v) is 17.0. The zero-order chi connectivity index (χ0) is 20.4. The van der Waals surface area contributed by atoms with Gasteiger partial charge in [0.2, 0.25) is 0 Å². The largest absolute Gasteiger partial charge is 0.399 e. The predicted molar refractivity (Wildman–Crippen MR) is 118 cm³/mol. The minimum atomic E-state index is -0.135. The Hall–Kier alpha value is -2.93. The third-order valence-electron chi connectivity index (χ3n) is 4.96. The first-order valence-electron chi connectivity index (χ1n) is 9.58. The number of rotatable bonds is 7. The fraction of sp³-hybridized carbons (Fsp3) is 0.273. The molecular formula is C22H22N4O2S. The lowest BCUT2D eigenvalue weighted by Gasteiger charge is -2.04. The SMILES string of the molecule is Cc1cc(N)cc2c1CC(CC(=O)CCCSc1nc3ccccc3c(=O)[nH]1)=N2. The number of anilines is 1. The molecule has 3 aromatic rings. The van der Waals surface area contributed by atoms with E-state index in [1.165, 1.54) is 17.3 Å². The summed E-state index contributed by atoms with van der Waals surface area (Å²) in [5.74, 6) is 0.901. The summed E-state index contributed by atoms with van der Waals surface area (Å²) < 4.78 is 0. The monoisotopic (exact) mass is 406 g/mol. The Morgan fingerprint density at radius 3 is 2.97 bits per heavy atom. The molecule has 1 aliphatic heterocycles. The summed E-state index contributed by atoms with van der Waals surface area (Å²) in [6.07, 6.45) is 2.32. The summed E-state index contributed by atoms with van der Waals surface area (Å²) in [7, 11) is 0. The van der Waals surface area contributed by atoms with Crippen LogP contribution in [0.2, 0.25) is 0 Å². The van der Waals surface area contributed by atoms with Crippen LogP contribution in [0.5, 0.6) is 0 Å². The number of para-hydroxylation sites is 1. The number of benzene rings is 2. The number of nitrogens with one attached hydrogen (secondary N) is 1. The lowest BCUT2D eigenvalue weighted by molar-refractivity contribution is -0.117. The number of H-pyrrole nitrogens is 1. The second kappa shape index (κ2) is 8.21. The number of nitrogen functional groups attached to an aromatic ring is 1. The molecule has 0 fully saturated rings. The van der Waals surface area contributed by atoms with Crippen molar-refractivity contribution in [3.05, 3.63) is 57.9 Å². The van der Waals surface area contributed by atoms with Gasteiger partial charge in [0.1, 0.15) is 5.78 Å². The van der Waals surface area contributed by atoms with Crippen LogP contribution in [0.15, 0.2) is 51.3 Å². The standard InChI is InChI=1S/C22H22N4O2S/c1-13-9-14(23)10-20-18(13)12-15(24-20)11-16(27)5-4-8-29-22-25-19-7-3-2-6-17(19)21(28)26-22/h2-3,6-7,9-10H,4-5,8,11-12,23H2,1H3,(H,25,26,28). The summed E-state index contributed by atoms with van der Waals surface area (Å²) in [6.45, 7) is 2.03. The summed E-state index contributed by atoms with van der Waals surface area (Å²) in [4.78, 5) is 36.3. The van der Waals surface area contributed by atoms with Crippen LogP contribution in [0.3, 0.4) is 0 Å². The molecule has 1 aliphatic rings. The highest BCUT2D eigenvalue weighted by Crippen LogP contribution is 2.32. The Labute approximate surface area is 172 Å². The minimum absolute atomic E-state index is 0.135. The molecule has 0 amide bonds. The summed E-state index contributed by atoms with van der Waals surface area (Å²) in [5, 5.41) is 1.17. The van der Waals surface area contributed by atoms with Gasteiger partial charge in [-0.1, -0.05) is 23.9 Å². The van der Waals surface area contributed by atoms with E-state index in [4.69, 9.17) is 5.73 Å². The van der Waals surface area contributed by atoms with E-state index in [1.54, 1.807) is 6.07 Å². The molecular weight excluding hydrogens is 384 g/mol. The molecule has 148 valence electrons. The van der Waals surface area contributed by atoms with Crippen molar-refractivity contribution in [1.82, 2.24) is 9.97 Å². The number of nitrogens with two attached hydrogens (primary N) is 1. The Kier molecular flexibility index (Phi) is 5.49. The third-order valence-corrected chi connectivity index (χ3v) is 5.92. The molecule has 0 radical (unpaired) electrons. The van der Waals surface area contributed by atoms with Crippen LogP contribution in [0, 0.1) is 6.92 Å². The zero-order valence-electron chi connectivity index (χ0n) is 16.2. The molecule has 0 unspecified atom stereocenters. The smallest absolute Gasteiger partial charge is 0.259 e. The topological polar surface area (TPSA) is 101 Å². The van der Waals surface area contributed by atoms with Crippen molar-refractivity contribution >= 4 is 45.5 Å². The number of fused-ring (bicyclic) bond motifs is 2. The van der Waals surface area contributed by atoms with Crippen LogP contribution in [-0.4, -0.2) is 27.2 Å². The number of carbonyl (C=O) groups excluding carboxylic acids is 1. The van der Waals surface area contributed by atoms with Gasteiger partial charge in [-0.2, -0.15) is 0 Å². The fourth-order valence-corrected chi connectivity index (χ4v) is 4.37. The molecule has 6 nitrogen and oxygen atoms in total. The minimum Gasteiger partial charge on any atom is -0.399 e. The molecule has 29 heavy (non-hydrogen) atoms. The van der Waals surface area contributed by atoms with E-state index in [-0.39, 0.29) is 11.3 Å². The Morgan fingerprint density at radius 2 is 2.10 bits per heavy atom. The van der Waals surface area contributed by atoms with Crippen LogP contribution in [0.25, 0.3) is 10.9 Å². The number of carbonyl (C=O) groups is 1. The molecule has 4 rings (SSSR count). The van der Waals surface area contributed by atoms with E-state index < -0.39 is 0 Å². The molecule has 0 saturated heterocycles. The quantitative estimate of drug-likeness (QED) is 0.267. The number of aryl methyl sites for hydroxylation is 1. The first-order valence-corrected chi connectivity index (χ1v) is 10.6. The molecule has 7 heteroatoms. The Balaban J connectivity index is 1.27. The van der Waals surface area contributed by atoms with Crippen LogP contribution in [-0.2, 0) is 11.2 Å². The van der Waals surface area contributed by atoms with Gasteiger partial charge in [0.15, 0.2) is 5.16 Å². The first-order chi connectivity index (χ1) is 14.0. The average molecular weight is 407 g/mol. The van der Waals surface area contributed by atoms with Gasteiger partial charge in [-0.3, -0.25) is 14.6 Å². The molecule has 0 aliphatic carbocycles. The van der Waals surface area contributed by atoms with Gasteiger partial charge in [0.25, 0.3) is 5.56 Å². The molecule has 0 bridgehead atoms. The van der Waals surface area contributed by atoms with Gasteiger partial charge in [0, 0.05) is 36.4 Å². The first kappa shape index (κ1) is 19.4. The van der Waals surface area contributed by atoms with Gasteiger partial charge >= 0.3 is 0 Å². The highest BCUT2D eigenvalue weighted by molar-refractivity contribution is 7.99. The molecule has 3 N–H and O–H groups in total. The average Bonchev–Trinajstić information content (AvgIpc) is 3.08. The summed E-state index contributed by atoms with van der Waals surface area (Å²) in [6, 6.07) is 11.1. The van der Waals surface area contributed by atoms with Crippen molar-refractivity contribution in [3.63, 3.8) is 0 Å². The van der Waals surface area contributed by atoms with Crippen molar-refractivity contribution < 1.29 is 4.79 Å². The van der Waals surface area contributed by atoms with Crippen molar-refractivity contribution in [2.75, 3.05) is 11.5 Å².